The van der Waals surface area contributed by atoms with Crippen LogP contribution in [0, 0.1) is 0 Å². The molecule has 4 heteroatoms. The number of benzene rings is 1. The molecule has 0 bridgehead atoms. The van der Waals surface area contributed by atoms with Crippen LogP contribution in [0.4, 0.5) is 0 Å². The summed E-state index contributed by atoms with van der Waals surface area (Å²) in [5.41, 5.74) is 8.18. The minimum atomic E-state index is 0.468. The van der Waals surface area contributed by atoms with Crippen LogP contribution in [0.25, 0.3) is 10.9 Å². The molecule has 0 aliphatic heterocycles. The van der Waals surface area contributed by atoms with Gasteiger partial charge in [-0.05, 0) is 36.6 Å². The van der Waals surface area contributed by atoms with Gasteiger partial charge in [0.2, 0.25) is 0 Å². The van der Waals surface area contributed by atoms with E-state index in [1.54, 1.807) is 7.11 Å². The molecule has 0 amide bonds. The zero-order chi connectivity index (χ0) is 14.5. The molecule has 3 N–H and O–H groups in total. The van der Waals surface area contributed by atoms with Crippen molar-refractivity contribution in [1.29, 1.82) is 0 Å². The molecule has 0 saturated carbocycles. The number of aromatic nitrogens is 1. The highest BCUT2D eigenvalue weighted by Gasteiger charge is 2.12. The zero-order valence-corrected chi connectivity index (χ0v) is 12.6. The van der Waals surface area contributed by atoms with E-state index in [4.69, 9.17) is 10.5 Å². The van der Waals surface area contributed by atoms with E-state index >= 15 is 0 Å². The summed E-state index contributed by atoms with van der Waals surface area (Å²) in [4.78, 5) is 0. The van der Waals surface area contributed by atoms with Crippen LogP contribution in [0.15, 0.2) is 24.4 Å². The third-order valence-corrected chi connectivity index (χ3v) is 3.82. The first-order valence-corrected chi connectivity index (χ1v) is 7.25. The van der Waals surface area contributed by atoms with Gasteiger partial charge in [0.25, 0.3) is 0 Å². The molecule has 0 fully saturated rings. The Kier molecular flexibility index (Phi) is 5.04. The molecule has 4 nitrogen and oxygen atoms in total. The van der Waals surface area contributed by atoms with E-state index in [-0.39, 0.29) is 0 Å². The molecule has 1 unspecified atom stereocenters. The third-order valence-electron chi connectivity index (χ3n) is 3.82. The Labute approximate surface area is 120 Å². The maximum atomic E-state index is 5.57. The first kappa shape index (κ1) is 14.9. The lowest BCUT2D eigenvalue weighted by Gasteiger charge is -2.16. The summed E-state index contributed by atoms with van der Waals surface area (Å²) in [7, 11) is 3.80. The first-order chi connectivity index (χ1) is 9.69. The normalized spacial score (nSPS) is 12.8. The number of nitrogens with two attached hydrogens (primary N) is 1. The van der Waals surface area contributed by atoms with E-state index in [9.17, 15) is 0 Å². The zero-order valence-electron chi connectivity index (χ0n) is 12.6. The summed E-state index contributed by atoms with van der Waals surface area (Å²) >= 11 is 0. The predicted octanol–water partition coefficient (Wildman–Crippen LogP) is 2.06. The van der Waals surface area contributed by atoms with Gasteiger partial charge in [0, 0.05) is 43.3 Å². The van der Waals surface area contributed by atoms with Crippen molar-refractivity contribution in [3.05, 3.63) is 30.0 Å². The Morgan fingerprint density at radius 2 is 2.20 bits per heavy atom. The Morgan fingerprint density at radius 1 is 1.40 bits per heavy atom. The standard InChI is InChI=1S/C16H25N3O/c1-4-13(18-8-7-17)9-12-11-19(2)16-6-5-14(20-3)10-15(12)16/h5-6,10-11,13,18H,4,7-9,17H2,1-3H3. The molecular formula is C16H25N3O. The Bertz CT molecular complexity index is 562. The van der Waals surface area contributed by atoms with E-state index in [1.807, 2.05) is 6.07 Å². The smallest absolute Gasteiger partial charge is 0.119 e. The van der Waals surface area contributed by atoms with E-state index in [0.29, 0.717) is 12.6 Å². The number of hydrogen-bond donors (Lipinski definition) is 2. The second-order valence-electron chi connectivity index (χ2n) is 5.20. The highest BCUT2D eigenvalue weighted by Crippen LogP contribution is 2.26. The van der Waals surface area contributed by atoms with Crippen LogP contribution in [0.3, 0.4) is 0 Å². The predicted molar refractivity (Wildman–Crippen MR) is 84.3 cm³/mol. The maximum absolute atomic E-state index is 5.57. The molecule has 0 spiro atoms. The van der Waals surface area contributed by atoms with Gasteiger partial charge in [0.05, 0.1) is 7.11 Å². The highest BCUT2D eigenvalue weighted by molar-refractivity contribution is 5.85. The number of ether oxygens (including phenoxy) is 1. The van der Waals surface area contributed by atoms with E-state index < -0.39 is 0 Å². The van der Waals surface area contributed by atoms with Crippen molar-refractivity contribution < 1.29 is 4.74 Å². The number of nitrogens with zero attached hydrogens (tertiary/aromatic N) is 1. The largest absolute Gasteiger partial charge is 0.497 e. The molecule has 2 rings (SSSR count). The first-order valence-electron chi connectivity index (χ1n) is 7.25. The van der Waals surface area contributed by atoms with Crippen molar-refractivity contribution >= 4 is 10.9 Å². The van der Waals surface area contributed by atoms with Gasteiger partial charge in [-0.1, -0.05) is 6.92 Å². The summed E-state index contributed by atoms with van der Waals surface area (Å²) in [6.45, 7) is 3.76. The topological polar surface area (TPSA) is 52.2 Å². The number of fused-ring (bicyclic) bond motifs is 1. The number of nitrogens with one attached hydrogen (secondary N) is 1. The van der Waals surface area contributed by atoms with Crippen LogP contribution in [0.5, 0.6) is 5.75 Å². The van der Waals surface area contributed by atoms with E-state index in [2.05, 4.69) is 42.2 Å². The van der Waals surface area contributed by atoms with Crippen molar-refractivity contribution in [2.75, 3.05) is 20.2 Å². The molecule has 0 radical (unpaired) electrons. The molecule has 1 aromatic heterocycles. The van der Waals surface area contributed by atoms with E-state index in [1.165, 1.54) is 16.5 Å². The molecule has 0 aliphatic carbocycles. The highest BCUT2D eigenvalue weighted by atomic mass is 16.5. The van der Waals surface area contributed by atoms with Crippen LogP contribution >= 0.6 is 0 Å². The number of rotatable bonds is 7. The fourth-order valence-corrected chi connectivity index (χ4v) is 2.66. The molecule has 0 saturated heterocycles. The lowest BCUT2D eigenvalue weighted by molar-refractivity contribution is 0.415. The van der Waals surface area contributed by atoms with Crippen LogP contribution < -0.4 is 15.8 Å². The number of hydrogen-bond acceptors (Lipinski definition) is 3. The Balaban J connectivity index is 2.28. The minimum absolute atomic E-state index is 0.468. The molecule has 0 aliphatic rings. The lowest BCUT2D eigenvalue weighted by Crippen LogP contribution is -2.34. The maximum Gasteiger partial charge on any atom is 0.119 e. The fraction of sp³-hybridized carbons (Fsp3) is 0.500. The van der Waals surface area contributed by atoms with Crippen molar-refractivity contribution in [2.45, 2.75) is 25.8 Å². The van der Waals surface area contributed by atoms with Crippen molar-refractivity contribution in [1.82, 2.24) is 9.88 Å². The van der Waals surface area contributed by atoms with Gasteiger partial charge in [-0.15, -0.1) is 0 Å². The summed E-state index contributed by atoms with van der Waals surface area (Å²) in [6, 6.07) is 6.72. The molecule has 1 atom stereocenters. The van der Waals surface area contributed by atoms with Gasteiger partial charge in [0.1, 0.15) is 5.75 Å². The average molecular weight is 275 g/mol. The van der Waals surface area contributed by atoms with Crippen LogP contribution in [0.2, 0.25) is 0 Å². The van der Waals surface area contributed by atoms with Crippen molar-refractivity contribution in [2.24, 2.45) is 12.8 Å². The van der Waals surface area contributed by atoms with Gasteiger partial charge in [-0.2, -0.15) is 0 Å². The van der Waals surface area contributed by atoms with Crippen LogP contribution in [-0.4, -0.2) is 30.8 Å². The Morgan fingerprint density at radius 3 is 2.85 bits per heavy atom. The SMILES string of the molecule is CCC(Cc1cn(C)c2ccc(OC)cc12)NCCN. The summed E-state index contributed by atoms with van der Waals surface area (Å²) < 4.78 is 7.52. The second kappa shape index (κ2) is 6.77. The summed E-state index contributed by atoms with van der Waals surface area (Å²) in [5, 5.41) is 4.78. The summed E-state index contributed by atoms with van der Waals surface area (Å²) in [6.07, 6.45) is 4.33. The lowest BCUT2D eigenvalue weighted by atomic mass is 10.0. The average Bonchev–Trinajstić information content (AvgIpc) is 2.79. The number of methoxy groups -OCH3 is 1. The van der Waals surface area contributed by atoms with Crippen molar-refractivity contribution in [3.63, 3.8) is 0 Å². The molecule has 110 valence electrons. The van der Waals surface area contributed by atoms with Crippen molar-refractivity contribution in [3.8, 4) is 5.75 Å². The number of aryl methyl sites for hydroxylation is 1. The van der Waals surface area contributed by atoms with Gasteiger partial charge in [0.15, 0.2) is 0 Å². The minimum Gasteiger partial charge on any atom is -0.497 e. The monoisotopic (exact) mass is 275 g/mol. The van der Waals surface area contributed by atoms with E-state index in [0.717, 1.165) is 25.1 Å². The van der Waals surface area contributed by atoms with Gasteiger partial charge < -0.3 is 20.4 Å². The van der Waals surface area contributed by atoms with Crippen LogP contribution in [0.1, 0.15) is 18.9 Å². The second-order valence-corrected chi connectivity index (χ2v) is 5.20. The molecule has 2 aromatic rings. The molecular weight excluding hydrogens is 250 g/mol. The molecule has 1 aromatic carbocycles. The molecule has 20 heavy (non-hydrogen) atoms. The Hall–Kier alpha value is -1.52. The third kappa shape index (κ3) is 3.14. The fourth-order valence-electron chi connectivity index (χ4n) is 2.66. The van der Waals surface area contributed by atoms with Gasteiger partial charge in [-0.3, -0.25) is 0 Å². The molecule has 1 heterocycles. The van der Waals surface area contributed by atoms with Gasteiger partial charge in [-0.25, -0.2) is 0 Å². The van der Waals surface area contributed by atoms with Gasteiger partial charge >= 0.3 is 0 Å². The quantitative estimate of drug-likeness (QED) is 0.813. The summed E-state index contributed by atoms with van der Waals surface area (Å²) in [5.74, 6) is 0.910. The van der Waals surface area contributed by atoms with Crippen LogP contribution in [-0.2, 0) is 13.5 Å².